The first kappa shape index (κ1) is 18.2. The number of carbonyl (C=O) groups is 1. The fourth-order valence-electron chi connectivity index (χ4n) is 2.32. The minimum atomic E-state index is -3.44. The van der Waals surface area contributed by atoms with E-state index in [1.54, 1.807) is 36.8 Å². The monoisotopic (exact) mass is 349 g/mol. The first-order valence-electron chi connectivity index (χ1n) is 7.95. The number of hydrogen-bond donors (Lipinski definition) is 1. The molecule has 0 aliphatic heterocycles. The van der Waals surface area contributed by atoms with Crippen LogP contribution >= 0.6 is 0 Å². The molecule has 0 spiro atoms. The number of rotatable bonds is 8. The van der Waals surface area contributed by atoms with E-state index in [0.29, 0.717) is 6.54 Å². The molecule has 7 heteroatoms. The molecule has 0 bridgehead atoms. The van der Waals surface area contributed by atoms with Gasteiger partial charge in [-0.25, -0.2) is 13.4 Å². The van der Waals surface area contributed by atoms with Gasteiger partial charge in [0.15, 0.2) is 9.84 Å². The summed E-state index contributed by atoms with van der Waals surface area (Å²) in [4.78, 5) is 16.3. The van der Waals surface area contributed by atoms with Crippen molar-refractivity contribution in [2.75, 3.05) is 5.75 Å². The Morgan fingerprint density at radius 1 is 1.29 bits per heavy atom. The van der Waals surface area contributed by atoms with E-state index in [-0.39, 0.29) is 29.0 Å². The number of carbonyl (C=O) groups excluding carboxylic acids is 1. The van der Waals surface area contributed by atoms with Crippen LogP contribution in [0.5, 0.6) is 0 Å². The molecule has 1 heterocycles. The van der Waals surface area contributed by atoms with Gasteiger partial charge in [-0.05, 0) is 25.5 Å². The number of benzene rings is 1. The second-order valence-electron chi connectivity index (χ2n) is 5.81. The zero-order chi connectivity index (χ0) is 17.6. The molecule has 130 valence electrons. The van der Waals surface area contributed by atoms with Gasteiger partial charge in [0, 0.05) is 31.4 Å². The fourth-order valence-corrected chi connectivity index (χ4v) is 3.56. The third-order valence-electron chi connectivity index (χ3n) is 3.83. The zero-order valence-electron chi connectivity index (χ0n) is 14.0. The van der Waals surface area contributed by atoms with Crippen molar-refractivity contribution in [2.24, 2.45) is 0 Å². The third-order valence-corrected chi connectivity index (χ3v) is 5.56. The van der Waals surface area contributed by atoms with Gasteiger partial charge in [-0.3, -0.25) is 4.79 Å². The summed E-state index contributed by atoms with van der Waals surface area (Å²) in [5.74, 6) is -0.443. The van der Waals surface area contributed by atoms with Gasteiger partial charge in [0.05, 0.1) is 17.0 Å². The minimum absolute atomic E-state index is 0.0450. The van der Waals surface area contributed by atoms with Crippen molar-refractivity contribution in [1.82, 2.24) is 14.9 Å². The lowest BCUT2D eigenvalue weighted by atomic mass is 10.2. The van der Waals surface area contributed by atoms with Crippen LogP contribution in [0.3, 0.4) is 0 Å². The summed E-state index contributed by atoms with van der Waals surface area (Å²) in [6, 6.07) is 6.62. The Balaban J connectivity index is 1.88. The first-order chi connectivity index (χ1) is 11.4. The van der Waals surface area contributed by atoms with Crippen LogP contribution in [0, 0.1) is 6.92 Å². The molecular formula is C17H23N3O3S. The average Bonchev–Trinajstić information content (AvgIpc) is 3.06. The minimum Gasteiger partial charge on any atom is -0.352 e. The van der Waals surface area contributed by atoms with E-state index in [1.165, 1.54) is 0 Å². The lowest BCUT2D eigenvalue weighted by Crippen LogP contribution is -2.38. The van der Waals surface area contributed by atoms with E-state index in [9.17, 15) is 13.2 Å². The van der Waals surface area contributed by atoms with Crippen LogP contribution in [0.1, 0.15) is 25.3 Å². The number of nitrogens with zero attached hydrogens (tertiary/aromatic N) is 2. The summed E-state index contributed by atoms with van der Waals surface area (Å²) in [5.41, 5.74) is 0.997. The second-order valence-corrected chi connectivity index (χ2v) is 7.92. The molecule has 0 aliphatic carbocycles. The van der Waals surface area contributed by atoms with Crippen LogP contribution in [0.15, 0.2) is 47.9 Å². The second kappa shape index (κ2) is 8.10. The van der Waals surface area contributed by atoms with Crippen molar-refractivity contribution in [2.45, 2.75) is 44.2 Å². The molecule has 0 saturated carbocycles. The van der Waals surface area contributed by atoms with Gasteiger partial charge in [0.2, 0.25) is 5.91 Å². The van der Waals surface area contributed by atoms with E-state index in [0.717, 1.165) is 12.0 Å². The van der Waals surface area contributed by atoms with Crippen molar-refractivity contribution < 1.29 is 13.2 Å². The predicted molar refractivity (Wildman–Crippen MR) is 92.3 cm³/mol. The molecular weight excluding hydrogens is 326 g/mol. The molecule has 24 heavy (non-hydrogen) atoms. The van der Waals surface area contributed by atoms with Crippen LogP contribution in [0.2, 0.25) is 0 Å². The third kappa shape index (κ3) is 5.19. The molecule has 0 aliphatic rings. The highest BCUT2D eigenvalue weighted by molar-refractivity contribution is 7.91. The summed E-state index contributed by atoms with van der Waals surface area (Å²) in [5, 5.41) is 2.89. The largest absolute Gasteiger partial charge is 0.352 e. The van der Waals surface area contributed by atoms with Gasteiger partial charge >= 0.3 is 0 Å². The van der Waals surface area contributed by atoms with Crippen LogP contribution in [0.4, 0.5) is 0 Å². The molecule has 1 aromatic heterocycles. The highest BCUT2D eigenvalue weighted by Gasteiger charge is 2.18. The van der Waals surface area contributed by atoms with Crippen molar-refractivity contribution >= 4 is 15.7 Å². The summed E-state index contributed by atoms with van der Waals surface area (Å²) in [6.45, 7) is 4.49. The summed E-state index contributed by atoms with van der Waals surface area (Å²) < 4.78 is 26.4. The van der Waals surface area contributed by atoms with Gasteiger partial charge in [0.25, 0.3) is 0 Å². The quantitative estimate of drug-likeness (QED) is 0.790. The van der Waals surface area contributed by atoms with Gasteiger partial charge in [0.1, 0.15) is 0 Å². The summed E-state index contributed by atoms with van der Waals surface area (Å²) in [6.07, 6.45) is 5.92. The van der Waals surface area contributed by atoms with Crippen molar-refractivity contribution in [3.8, 4) is 0 Å². The molecule has 6 nitrogen and oxygen atoms in total. The lowest BCUT2D eigenvalue weighted by Gasteiger charge is -2.17. The van der Waals surface area contributed by atoms with E-state index >= 15 is 0 Å². The SMILES string of the molecule is CCC(Cn1ccnc1)NC(=O)CCS(=O)(=O)c1ccc(C)cc1. The van der Waals surface area contributed by atoms with Gasteiger partial charge in [-0.15, -0.1) is 0 Å². The number of imidazole rings is 1. The lowest BCUT2D eigenvalue weighted by molar-refractivity contribution is -0.121. The van der Waals surface area contributed by atoms with Crippen molar-refractivity contribution in [3.05, 3.63) is 48.5 Å². The standard InChI is InChI=1S/C17H23N3O3S/c1-3-15(12-20-10-9-18-13-20)19-17(21)8-11-24(22,23)16-6-4-14(2)5-7-16/h4-7,9-10,13,15H,3,8,11-12H2,1-2H3,(H,19,21). The Kier molecular flexibility index (Phi) is 6.14. The van der Waals surface area contributed by atoms with Gasteiger partial charge in [-0.2, -0.15) is 0 Å². The number of aryl methyl sites for hydroxylation is 1. The highest BCUT2D eigenvalue weighted by Crippen LogP contribution is 2.13. The van der Waals surface area contributed by atoms with E-state index in [4.69, 9.17) is 0 Å². The molecule has 1 unspecified atom stereocenters. The Morgan fingerprint density at radius 3 is 2.58 bits per heavy atom. The number of aromatic nitrogens is 2. The van der Waals surface area contributed by atoms with Crippen molar-refractivity contribution in [1.29, 1.82) is 0 Å². The summed E-state index contributed by atoms with van der Waals surface area (Å²) in [7, 11) is -3.44. The number of sulfone groups is 1. The van der Waals surface area contributed by atoms with Crippen molar-refractivity contribution in [3.63, 3.8) is 0 Å². The molecule has 1 amide bonds. The number of hydrogen-bond acceptors (Lipinski definition) is 4. The summed E-state index contributed by atoms with van der Waals surface area (Å²) >= 11 is 0. The maximum Gasteiger partial charge on any atom is 0.221 e. The number of nitrogens with one attached hydrogen (secondary N) is 1. The van der Waals surface area contributed by atoms with Gasteiger partial charge < -0.3 is 9.88 Å². The van der Waals surface area contributed by atoms with Crippen LogP contribution in [0.25, 0.3) is 0 Å². The van der Waals surface area contributed by atoms with Crippen LogP contribution in [-0.4, -0.2) is 35.7 Å². The van der Waals surface area contributed by atoms with Crippen LogP contribution in [-0.2, 0) is 21.2 Å². The Morgan fingerprint density at radius 2 is 2.00 bits per heavy atom. The maximum absolute atomic E-state index is 12.3. The molecule has 0 saturated heterocycles. The number of amides is 1. The normalized spacial score (nSPS) is 12.8. The van der Waals surface area contributed by atoms with E-state index in [1.807, 2.05) is 24.6 Å². The smallest absolute Gasteiger partial charge is 0.221 e. The molecule has 0 radical (unpaired) electrons. The molecule has 0 fully saturated rings. The predicted octanol–water partition coefficient (Wildman–Crippen LogP) is 1.95. The van der Waals surface area contributed by atoms with Crippen LogP contribution < -0.4 is 5.32 Å². The first-order valence-corrected chi connectivity index (χ1v) is 9.60. The van der Waals surface area contributed by atoms with Gasteiger partial charge in [-0.1, -0.05) is 24.6 Å². The molecule has 2 rings (SSSR count). The Labute approximate surface area is 142 Å². The fraction of sp³-hybridized carbons (Fsp3) is 0.412. The highest BCUT2D eigenvalue weighted by atomic mass is 32.2. The molecule has 1 N–H and O–H groups in total. The average molecular weight is 349 g/mol. The van der Waals surface area contributed by atoms with E-state index in [2.05, 4.69) is 10.3 Å². The maximum atomic E-state index is 12.3. The molecule has 2 aromatic rings. The molecule has 1 atom stereocenters. The Bertz CT molecular complexity index is 753. The Hall–Kier alpha value is -2.15. The topological polar surface area (TPSA) is 81.1 Å². The zero-order valence-corrected chi connectivity index (χ0v) is 14.8. The van der Waals surface area contributed by atoms with E-state index < -0.39 is 9.84 Å². The molecule has 1 aromatic carbocycles.